The van der Waals surface area contributed by atoms with Crippen molar-refractivity contribution < 1.29 is 4.84 Å². The molecule has 2 nitrogen and oxygen atoms in total. The highest BCUT2D eigenvalue weighted by Crippen LogP contribution is 2.29. The van der Waals surface area contributed by atoms with Crippen LogP contribution in [0.15, 0.2) is 0 Å². The number of rotatable bonds is 5. The van der Waals surface area contributed by atoms with Gasteiger partial charge in [-0.15, -0.1) is 0 Å². The van der Waals surface area contributed by atoms with E-state index >= 15 is 0 Å². The minimum absolute atomic E-state index is 0.617. The fraction of sp³-hybridized carbons (Fsp3) is 0.875. The standard InChI is InChI=1S/C8H15NOS/c1-2-3-6-10-9-8(11)7-4-5-7/h7H,2-6H2,1H3,(H,9,11). The van der Waals surface area contributed by atoms with E-state index in [-0.39, 0.29) is 0 Å². The number of nitrogens with one attached hydrogen (secondary N) is 1. The van der Waals surface area contributed by atoms with Gasteiger partial charge in [-0.05, 0) is 19.3 Å². The van der Waals surface area contributed by atoms with Gasteiger partial charge < -0.3 is 0 Å². The molecule has 1 saturated carbocycles. The van der Waals surface area contributed by atoms with Gasteiger partial charge in [-0.25, -0.2) is 0 Å². The largest absolute Gasteiger partial charge is 0.276 e. The van der Waals surface area contributed by atoms with Crippen molar-refractivity contribution in [1.82, 2.24) is 5.48 Å². The summed E-state index contributed by atoms with van der Waals surface area (Å²) in [5.74, 6) is 0.617. The Balaban J connectivity index is 1.89. The first-order chi connectivity index (χ1) is 5.34. The maximum Gasteiger partial charge on any atom is 0.103 e. The molecule has 0 saturated heterocycles. The highest BCUT2D eigenvalue weighted by atomic mass is 32.1. The maximum absolute atomic E-state index is 5.15. The van der Waals surface area contributed by atoms with E-state index in [1.807, 2.05) is 0 Å². The Kier molecular flexibility index (Phi) is 3.80. The third-order valence-electron chi connectivity index (χ3n) is 1.72. The molecule has 0 spiro atoms. The zero-order valence-electron chi connectivity index (χ0n) is 6.93. The van der Waals surface area contributed by atoms with Gasteiger partial charge in [0.25, 0.3) is 0 Å². The third kappa shape index (κ3) is 3.68. The molecular weight excluding hydrogens is 158 g/mol. The number of hydrogen-bond acceptors (Lipinski definition) is 2. The number of thiocarbonyl (C=S) groups is 1. The molecule has 0 aromatic rings. The first kappa shape index (κ1) is 8.94. The van der Waals surface area contributed by atoms with E-state index in [1.54, 1.807) is 0 Å². The van der Waals surface area contributed by atoms with Gasteiger partial charge in [0, 0.05) is 5.92 Å². The Morgan fingerprint density at radius 2 is 2.36 bits per heavy atom. The van der Waals surface area contributed by atoms with Gasteiger partial charge >= 0.3 is 0 Å². The zero-order valence-corrected chi connectivity index (χ0v) is 7.75. The lowest BCUT2D eigenvalue weighted by molar-refractivity contribution is 0.0825. The fourth-order valence-corrected chi connectivity index (χ4v) is 1.06. The van der Waals surface area contributed by atoms with Gasteiger partial charge in [0.1, 0.15) is 4.99 Å². The van der Waals surface area contributed by atoms with Crippen LogP contribution in [0.5, 0.6) is 0 Å². The van der Waals surface area contributed by atoms with Crippen LogP contribution in [0.3, 0.4) is 0 Å². The van der Waals surface area contributed by atoms with Crippen LogP contribution in [-0.4, -0.2) is 11.6 Å². The Morgan fingerprint density at radius 1 is 1.64 bits per heavy atom. The van der Waals surface area contributed by atoms with Crippen molar-refractivity contribution in [1.29, 1.82) is 0 Å². The van der Waals surface area contributed by atoms with Crippen molar-refractivity contribution in [3.05, 3.63) is 0 Å². The average molecular weight is 173 g/mol. The van der Waals surface area contributed by atoms with Crippen molar-refractivity contribution in [2.24, 2.45) is 5.92 Å². The summed E-state index contributed by atoms with van der Waals surface area (Å²) in [6.07, 6.45) is 4.74. The van der Waals surface area contributed by atoms with Crippen LogP contribution < -0.4 is 5.48 Å². The quantitative estimate of drug-likeness (QED) is 0.390. The Hall–Kier alpha value is -0.150. The molecule has 11 heavy (non-hydrogen) atoms. The van der Waals surface area contributed by atoms with E-state index in [0.29, 0.717) is 5.92 Å². The van der Waals surface area contributed by atoms with Crippen LogP contribution in [0.25, 0.3) is 0 Å². The summed E-state index contributed by atoms with van der Waals surface area (Å²) in [5.41, 5.74) is 2.81. The van der Waals surface area contributed by atoms with Crippen molar-refractivity contribution >= 4 is 17.2 Å². The highest BCUT2D eigenvalue weighted by molar-refractivity contribution is 7.80. The van der Waals surface area contributed by atoms with Crippen LogP contribution in [-0.2, 0) is 4.84 Å². The Labute approximate surface area is 73.3 Å². The molecule has 1 N–H and O–H groups in total. The van der Waals surface area contributed by atoms with E-state index in [0.717, 1.165) is 24.4 Å². The average Bonchev–Trinajstić information content (AvgIpc) is 2.79. The molecule has 0 amide bonds. The van der Waals surface area contributed by atoms with Gasteiger partial charge in [-0.2, -0.15) is 0 Å². The van der Waals surface area contributed by atoms with Crippen molar-refractivity contribution in [3.8, 4) is 0 Å². The first-order valence-corrected chi connectivity index (χ1v) is 4.67. The van der Waals surface area contributed by atoms with E-state index < -0.39 is 0 Å². The topological polar surface area (TPSA) is 21.3 Å². The van der Waals surface area contributed by atoms with E-state index in [9.17, 15) is 0 Å². The molecule has 0 radical (unpaired) electrons. The third-order valence-corrected chi connectivity index (χ3v) is 2.14. The van der Waals surface area contributed by atoms with Crippen molar-refractivity contribution in [2.75, 3.05) is 6.61 Å². The summed E-state index contributed by atoms with van der Waals surface area (Å²) >= 11 is 5.05. The SMILES string of the molecule is CCCCONC(=S)C1CC1. The summed E-state index contributed by atoms with van der Waals surface area (Å²) < 4.78 is 0. The molecule has 1 aliphatic rings. The maximum atomic E-state index is 5.15. The van der Waals surface area contributed by atoms with Crippen LogP contribution >= 0.6 is 12.2 Å². The normalized spacial score (nSPS) is 16.5. The Bertz CT molecular complexity index is 134. The van der Waals surface area contributed by atoms with Crippen molar-refractivity contribution in [3.63, 3.8) is 0 Å². The Morgan fingerprint density at radius 3 is 2.91 bits per heavy atom. The second kappa shape index (κ2) is 4.67. The van der Waals surface area contributed by atoms with Crippen LogP contribution in [0, 0.1) is 5.92 Å². The van der Waals surface area contributed by atoms with Crippen molar-refractivity contribution in [2.45, 2.75) is 32.6 Å². The lowest BCUT2D eigenvalue weighted by atomic mass is 10.4. The summed E-state index contributed by atoms with van der Waals surface area (Å²) in [7, 11) is 0. The molecule has 0 aromatic heterocycles. The number of unbranched alkanes of at least 4 members (excludes halogenated alkanes) is 1. The summed E-state index contributed by atoms with van der Waals surface area (Å²) in [4.78, 5) is 6.04. The molecule has 0 heterocycles. The molecule has 3 heteroatoms. The second-order valence-electron chi connectivity index (χ2n) is 2.94. The monoisotopic (exact) mass is 173 g/mol. The molecule has 0 unspecified atom stereocenters. The van der Waals surface area contributed by atoms with Gasteiger partial charge in [0.15, 0.2) is 0 Å². The molecule has 64 valence electrons. The molecule has 1 fully saturated rings. The molecule has 0 aliphatic heterocycles. The van der Waals surface area contributed by atoms with Gasteiger partial charge in [0.2, 0.25) is 0 Å². The predicted octanol–water partition coefficient (Wildman–Crippen LogP) is 2.05. The number of hydroxylamine groups is 1. The number of hydrogen-bond donors (Lipinski definition) is 1. The van der Waals surface area contributed by atoms with Gasteiger partial charge in [-0.3, -0.25) is 10.3 Å². The minimum Gasteiger partial charge on any atom is -0.276 e. The zero-order chi connectivity index (χ0) is 8.10. The van der Waals surface area contributed by atoms with Crippen LogP contribution in [0.1, 0.15) is 32.6 Å². The van der Waals surface area contributed by atoms with Gasteiger partial charge in [-0.1, -0.05) is 25.6 Å². The second-order valence-corrected chi connectivity index (χ2v) is 3.38. The van der Waals surface area contributed by atoms with Crippen LogP contribution in [0.4, 0.5) is 0 Å². The summed E-state index contributed by atoms with van der Waals surface area (Å²) in [6.45, 7) is 2.91. The smallest absolute Gasteiger partial charge is 0.103 e. The fourth-order valence-electron chi connectivity index (χ4n) is 0.768. The predicted molar refractivity (Wildman–Crippen MR) is 49.3 cm³/mol. The molecule has 0 atom stereocenters. The summed E-state index contributed by atoms with van der Waals surface area (Å²) in [6, 6.07) is 0. The molecule has 0 aromatic carbocycles. The molecular formula is C8H15NOS. The van der Waals surface area contributed by atoms with E-state index in [1.165, 1.54) is 12.8 Å². The molecule has 1 rings (SSSR count). The summed E-state index contributed by atoms with van der Waals surface area (Å²) in [5, 5.41) is 0. The van der Waals surface area contributed by atoms with Crippen LogP contribution in [0.2, 0.25) is 0 Å². The lowest BCUT2D eigenvalue weighted by Gasteiger charge is -2.05. The van der Waals surface area contributed by atoms with E-state index in [2.05, 4.69) is 12.4 Å². The van der Waals surface area contributed by atoms with E-state index in [4.69, 9.17) is 17.1 Å². The molecule has 1 aliphatic carbocycles. The first-order valence-electron chi connectivity index (χ1n) is 4.26. The lowest BCUT2D eigenvalue weighted by Crippen LogP contribution is -2.23. The minimum atomic E-state index is 0.617. The molecule has 0 bridgehead atoms. The van der Waals surface area contributed by atoms with Gasteiger partial charge in [0.05, 0.1) is 6.61 Å². The highest BCUT2D eigenvalue weighted by Gasteiger charge is 2.26.